The fourth-order valence-electron chi connectivity index (χ4n) is 7.71. The second-order valence-corrected chi connectivity index (χ2v) is 15.4. The summed E-state index contributed by atoms with van der Waals surface area (Å²) in [5.41, 5.74) is 12.0. The van der Waals surface area contributed by atoms with Crippen molar-refractivity contribution in [3.05, 3.63) is 142 Å². The predicted octanol–water partition coefficient (Wildman–Crippen LogP) is 10.0. The molecule has 2 atom stereocenters. The molecule has 2 aromatic heterocycles. The van der Waals surface area contributed by atoms with Gasteiger partial charge in [-0.15, -0.1) is 22.7 Å². The van der Waals surface area contributed by atoms with Crippen LogP contribution in [0.5, 0.6) is 0 Å². The number of anilines is 1. The summed E-state index contributed by atoms with van der Waals surface area (Å²) in [6, 6.07) is 32.5. The summed E-state index contributed by atoms with van der Waals surface area (Å²) in [4.78, 5) is 14.9. The molecule has 3 nitrogen and oxygen atoms in total. The molecule has 2 aliphatic carbocycles. The number of amidine groups is 1. The van der Waals surface area contributed by atoms with Gasteiger partial charge in [-0.2, -0.15) is 0 Å². The number of nitrogens with zero attached hydrogens (tertiary/aromatic N) is 3. The molecule has 0 bridgehead atoms. The Labute approximate surface area is 279 Å². The van der Waals surface area contributed by atoms with Crippen molar-refractivity contribution in [2.75, 3.05) is 19.0 Å². The highest BCUT2D eigenvalue weighted by atomic mass is 32.1. The molecular weight excluding hydrogens is 599 g/mol. The third-order valence-electron chi connectivity index (χ3n) is 10.3. The molecule has 4 aliphatic rings. The van der Waals surface area contributed by atoms with Gasteiger partial charge in [0, 0.05) is 35.0 Å². The fraction of sp³-hybridized carbons (Fsp3) is 0.195. The van der Waals surface area contributed by atoms with Crippen LogP contribution in [0.2, 0.25) is 0 Å². The summed E-state index contributed by atoms with van der Waals surface area (Å²) in [5, 5.41) is 0. The summed E-state index contributed by atoms with van der Waals surface area (Å²) in [7, 11) is 4.35. The van der Waals surface area contributed by atoms with Crippen LogP contribution in [0.15, 0.2) is 120 Å². The minimum atomic E-state index is -0.0865. The van der Waals surface area contributed by atoms with E-state index < -0.39 is 0 Å². The van der Waals surface area contributed by atoms with Crippen molar-refractivity contribution in [3.8, 4) is 32.0 Å². The Hall–Kier alpha value is -4.45. The minimum Gasteiger partial charge on any atom is -0.350 e. The normalized spacial score (nSPS) is 20.3. The number of benzene rings is 3. The zero-order valence-corrected chi connectivity index (χ0v) is 28.1. The highest BCUT2D eigenvalue weighted by molar-refractivity contribution is 7.17. The van der Waals surface area contributed by atoms with Crippen molar-refractivity contribution in [2.24, 2.45) is 4.99 Å². The minimum absolute atomic E-state index is 0.0865. The zero-order chi connectivity index (χ0) is 31.2. The number of rotatable bonds is 4. The summed E-state index contributed by atoms with van der Waals surface area (Å²) < 4.78 is 0. The number of hydrogen-bond donors (Lipinski definition) is 0. The van der Waals surface area contributed by atoms with Crippen LogP contribution in [0.4, 0.5) is 5.69 Å². The van der Waals surface area contributed by atoms with Gasteiger partial charge in [-0.1, -0.05) is 86.7 Å². The first kappa shape index (κ1) is 27.8. The van der Waals surface area contributed by atoms with Crippen LogP contribution >= 0.6 is 22.7 Å². The summed E-state index contributed by atoms with van der Waals surface area (Å²) >= 11 is 3.74. The molecular formula is C41H35N3S2. The summed E-state index contributed by atoms with van der Waals surface area (Å²) in [6.07, 6.45) is 12.1. The number of fused-ring (bicyclic) bond motifs is 5. The number of allylic oxidation sites excluding steroid dienone is 3. The fourth-order valence-corrected chi connectivity index (χ4v) is 9.83. The molecule has 0 saturated heterocycles. The Morgan fingerprint density at radius 3 is 2.07 bits per heavy atom. The number of likely N-dealkylation sites (N-methyl/N-ethyl adjacent to an activating group) is 1. The topological polar surface area (TPSA) is 18.8 Å². The van der Waals surface area contributed by atoms with E-state index in [0.717, 1.165) is 12.3 Å². The van der Waals surface area contributed by atoms with Crippen molar-refractivity contribution >= 4 is 39.9 Å². The molecule has 2 unspecified atom stereocenters. The van der Waals surface area contributed by atoms with Crippen LogP contribution in [-0.4, -0.2) is 36.9 Å². The molecule has 0 fully saturated rings. The Morgan fingerprint density at radius 1 is 0.717 bits per heavy atom. The van der Waals surface area contributed by atoms with Crippen LogP contribution < -0.4 is 4.90 Å². The SMILES string of the molecule is CN1C(c2ccc(-c3ccc4c(c3)C(C)(C)c3cc(-c5ccc(C6=NC7C=CC=CC7N6C)s5)ccc3-4)s2)=CCc2ccccc21. The maximum absolute atomic E-state index is 5.06. The van der Waals surface area contributed by atoms with Crippen molar-refractivity contribution in [1.29, 1.82) is 0 Å². The molecule has 5 aromatic rings. The standard InChI is InChI=1S/C41H35N3S2/c1-41(2)30-23-26(36-19-21-38(45-36)35-18-15-25-9-5-7-11-33(25)43(35)3)13-16-28(30)29-17-14-27(24-31(29)41)37-20-22-39(46-37)40-42-32-10-6-8-12-34(32)44(40)4/h5-14,16-24,32,34H,15H2,1-4H3. The lowest BCUT2D eigenvalue weighted by Crippen LogP contribution is -2.35. The molecule has 0 spiro atoms. The first-order chi connectivity index (χ1) is 22.4. The second kappa shape index (κ2) is 10.3. The maximum atomic E-state index is 5.06. The number of thiophene rings is 2. The van der Waals surface area contributed by atoms with Gasteiger partial charge in [0.05, 0.1) is 27.5 Å². The van der Waals surface area contributed by atoms with E-state index in [2.05, 4.69) is 153 Å². The van der Waals surface area contributed by atoms with Crippen molar-refractivity contribution in [3.63, 3.8) is 0 Å². The third kappa shape index (κ3) is 4.18. The lowest BCUT2D eigenvalue weighted by atomic mass is 9.81. The highest BCUT2D eigenvalue weighted by Crippen LogP contribution is 2.51. The van der Waals surface area contributed by atoms with Crippen molar-refractivity contribution in [2.45, 2.75) is 37.8 Å². The van der Waals surface area contributed by atoms with Gasteiger partial charge in [-0.05, 0) is 87.8 Å². The molecule has 0 N–H and O–H groups in total. The number of aliphatic imine (C=N–C) groups is 1. The molecule has 0 saturated carbocycles. The molecule has 0 radical (unpaired) electrons. The van der Waals surface area contributed by atoms with E-state index in [1.54, 1.807) is 0 Å². The average Bonchev–Trinajstić information content (AvgIpc) is 3.87. The largest absolute Gasteiger partial charge is 0.350 e. The van der Waals surface area contributed by atoms with E-state index in [1.165, 1.54) is 69.8 Å². The van der Waals surface area contributed by atoms with E-state index in [0.29, 0.717) is 6.04 Å². The quantitative estimate of drug-likeness (QED) is 0.196. The van der Waals surface area contributed by atoms with Gasteiger partial charge in [0.2, 0.25) is 0 Å². The second-order valence-electron chi connectivity index (χ2n) is 13.3. The Bertz CT molecular complexity index is 2170. The monoisotopic (exact) mass is 633 g/mol. The van der Waals surface area contributed by atoms with Crippen molar-refractivity contribution in [1.82, 2.24) is 4.90 Å². The Morgan fingerprint density at radius 2 is 1.35 bits per heavy atom. The molecule has 9 rings (SSSR count). The average molecular weight is 634 g/mol. The van der Waals surface area contributed by atoms with E-state index in [1.807, 2.05) is 22.7 Å². The molecule has 0 amide bonds. The van der Waals surface area contributed by atoms with Gasteiger partial charge in [0.15, 0.2) is 0 Å². The molecule has 3 aromatic carbocycles. The van der Waals surface area contributed by atoms with Gasteiger partial charge >= 0.3 is 0 Å². The first-order valence-corrected chi connectivity index (χ1v) is 17.7. The van der Waals surface area contributed by atoms with Crippen LogP contribution in [0, 0.1) is 0 Å². The predicted molar refractivity (Wildman–Crippen MR) is 197 cm³/mol. The van der Waals surface area contributed by atoms with Crippen LogP contribution in [0.1, 0.15) is 40.3 Å². The molecule has 2 aliphatic heterocycles. The molecule has 46 heavy (non-hydrogen) atoms. The number of hydrogen-bond acceptors (Lipinski definition) is 5. The number of para-hydroxylation sites is 1. The van der Waals surface area contributed by atoms with Gasteiger partial charge in [-0.25, -0.2) is 0 Å². The summed E-state index contributed by atoms with van der Waals surface area (Å²) in [5.74, 6) is 1.09. The van der Waals surface area contributed by atoms with E-state index in [4.69, 9.17) is 4.99 Å². The van der Waals surface area contributed by atoms with Crippen molar-refractivity contribution < 1.29 is 0 Å². The van der Waals surface area contributed by atoms with E-state index in [9.17, 15) is 0 Å². The Kier molecular flexibility index (Phi) is 6.22. The van der Waals surface area contributed by atoms with Gasteiger partial charge in [0.25, 0.3) is 0 Å². The van der Waals surface area contributed by atoms with Gasteiger partial charge in [-0.3, -0.25) is 4.99 Å². The van der Waals surface area contributed by atoms with E-state index in [-0.39, 0.29) is 11.5 Å². The molecule has 5 heteroatoms. The van der Waals surface area contributed by atoms with E-state index >= 15 is 0 Å². The lowest BCUT2D eigenvalue weighted by molar-refractivity contribution is 0.438. The zero-order valence-electron chi connectivity index (χ0n) is 26.5. The maximum Gasteiger partial charge on any atom is 0.142 e. The lowest BCUT2D eigenvalue weighted by Gasteiger charge is -2.28. The summed E-state index contributed by atoms with van der Waals surface area (Å²) in [6.45, 7) is 4.77. The Balaban J connectivity index is 1.00. The van der Waals surface area contributed by atoms with Gasteiger partial charge in [0.1, 0.15) is 5.84 Å². The highest BCUT2D eigenvalue weighted by Gasteiger charge is 2.36. The molecule has 226 valence electrons. The third-order valence-corrected chi connectivity index (χ3v) is 12.6. The first-order valence-electron chi connectivity index (χ1n) is 16.0. The van der Waals surface area contributed by atoms with Gasteiger partial charge < -0.3 is 9.80 Å². The molecule has 4 heterocycles. The smallest absolute Gasteiger partial charge is 0.142 e. The van der Waals surface area contributed by atoms with Crippen LogP contribution in [0.3, 0.4) is 0 Å². The van der Waals surface area contributed by atoms with Crippen LogP contribution in [0.25, 0.3) is 37.7 Å². The van der Waals surface area contributed by atoms with Crippen LogP contribution in [-0.2, 0) is 11.8 Å².